The molecule has 0 unspecified atom stereocenters. The molecule has 0 fully saturated rings. The van der Waals surface area contributed by atoms with Crippen LogP contribution in [-0.4, -0.2) is 11.9 Å². The Morgan fingerprint density at radius 3 is 2.33 bits per heavy atom. The molecule has 0 heterocycles. The quantitative estimate of drug-likeness (QED) is 0.906. The molecule has 0 atom stereocenters. The molecule has 0 aliphatic heterocycles. The van der Waals surface area contributed by atoms with E-state index in [2.05, 4.69) is 5.32 Å². The number of benzene rings is 1. The molecule has 0 saturated carbocycles. The van der Waals surface area contributed by atoms with Crippen molar-refractivity contribution in [2.24, 2.45) is 5.41 Å². The molecule has 116 valence electrons. The van der Waals surface area contributed by atoms with E-state index in [0.29, 0.717) is 0 Å². The second-order valence-corrected chi connectivity index (χ2v) is 5.52. The van der Waals surface area contributed by atoms with Gasteiger partial charge in [0.15, 0.2) is 0 Å². The van der Waals surface area contributed by atoms with Crippen molar-refractivity contribution < 1.29 is 27.9 Å². The number of carbonyl (C=O) groups excluding carboxylic acids is 2. The van der Waals surface area contributed by atoms with Crippen LogP contribution in [0.25, 0.3) is 0 Å². The maximum absolute atomic E-state index is 12.5. The molecule has 0 spiro atoms. The summed E-state index contributed by atoms with van der Waals surface area (Å²) in [7, 11) is 0. The molecule has 7 heteroatoms. The molecule has 1 N–H and O–H groups in total. The number of nitrogens with one attached hydrogen (secondary N) is 1. The standard InChI is InChI=1S/C14H16F3NO3/c1-13(2,8-12(20)21)7-11(19)18-10-5-3-4-9(6-10)14(15,16)17/h3-6H,7-8H2,1-2H3,(H,18,19)(H,20,21)/p-1. The van der Waals surface area contributed by atoms with Crippen molar-refractivity contribution in [3.05, 3.63) is 29.8 Å². The Morgan fingerprint density at radius 2 is 1.81 bits per heavy atom. The first-order chi connectivity index (χ1) is 9.49. The van der Waals surface area contributed by atoms with Gasteiger partial charge in [-0.25, -0.2) is 0 Å². The first kappa shape index (κ1) is 17.0. The van der Waals surface area contributed by atoms with Crippen LogP contribution in [0, 0.1) is 5.41 Å². The lowest BCUT2D eigenvalue weighted by molar-refractivity contribution is -0.307. The van der Waals surface area contributed by atoms with Crippen LogP contribution in [0.2, 0.25) is 0 Å². The fraction of sp³-hybridized carbons (Fsp3) is 0.429. The zero-order chi connectivity index (χ0) is 16.3. The van der Waals surface area contributed by atoms with Gasteiger partial charge in [0.05, 0.1) is 5.56 Å². The second-order valence-electron chi connectivity index (χ2n) is 5.52. The van der Waals surface area contributed by atoms with Gasteiger partial charge in [-0.2, -0.15) is 13.2 Å². The van der Waals surface area contributed by atoms with Gasteiger partial charge in [-0.3, -0.25) is 4.79 Å². The van der Waals surface area contributed by atoms with Gasteiger partial charge in [0.25, 0.3) is 0 Å². The van der Waals surface area contributed by atoms with Gasteiger partial charge in [-0.05, 0) is 30.0 Å². The van der Waals surface area contributed by atoms with Crippen molar-refractivity contribution in [1.82, 2.24) is 0 Å². The molecule has 1 aromatic rings. The van der Waals surface area contributed by atoms with Crippen molar-refractivity contribution in [3.8, 4) is 0 Å². The summed E-state index contributed by atoms with van der Waals surface area (Å²) in [5.74, 6) is -1.84. The summed E-state index contributed by atoms with van der Waals surface area (Å²) < 4.78 is 37.6. The lowest BCUT2D eigenvalue weighted by Gasteiger charge is -2.24. The Balaban J connectivity index is 2.74. The molecule has 4 nitrogen and oxygen atoms in total. The number of carboxylic acids is 1. The maximum atomic E-state index is 12.5. The molecule has 21 heavy (non-hydrogen) atoms. The maximum Gasteiger partial charge on any atom is 0.416 e. The average molecular weight is 302 g/mol. The van der Waals surface area contributed by atoms with Crippen molar-refractivity contribution >= 4 is 17.6 Å². The normalized spacial score (nSPS) is 12.0. The molecule has 0 aromatic heterocycles. The van der Waals surface area contributed by atoms with Gasteiger partial charge in [0, 0.05) is 18.1 Å². The average Bonchev–Trinajstić information content (AvgIpc) is 2.24. The first-order valence-corrected chi connectivity index (χ1v) is 6.16. The number of rotatable bonds is 5. The number of carboxylic acid groups (broad SMARTS) is 1. The lowest BCUT2D eigenvalue weighted by Crippen LogP contribution is -2.31. The van der Waals surface area contributed by atoms with Crippen molar-refractivity contribution in [2.45, 2.75) is 32.9 Å². The van der Waals surface area contributed by atoms with E-state index in [4.69, 9.17) is 0 Å². The predicted octanol–water partition coefficient (Wildman–Crippen LogP) is 2.20. The van der Waals surface area contributed by atoms with Crippen LogP contribution in [-0.2, 0) is 15.8 Å². The number of aliphatic carboxylic acids is 1. The van der Waals surface area contributed by atoms with Gasteiger partial charge in [0.1, 0.15) is 0 Å². The van der Waals surface area contributed by atoms with Crippen LogP contribution < -0.4 is 10.4 Å². The fourth-order valence-corrected chi connectivity index (χ4v) is 1.87. The predicted molar refractivity (Wildman–Crippen MR) is 68.1 cm³/mol. The highest BCUT2D eigenvalue weighted by atomic mass is 19.4. The third kappa shape index (κ3) is 5.85. The summed E-state index contributed by atoms with van der Waals surface area (Å²) in [6.07, 6.45) is -4.95. The molecule has 0 aliphatic rings. The summed E-state index contributed by atoms with van der Waals surface area (Å²) in [5, 5.41) is 12.9. The fourth-order valence-electron chi connectivity index (χ4n) is 1.87. The lowest BCUT2D eigenvalue weighted by atomic mass is 9.85. The van der Waals surface area contributed by atoms with E-state index in [1.807, 2.05) is 0 Å². The van der Waals surface area contributed by atoms with Crippen LogP contribution in [0.3, 0.4) is 0 Å². The molecule has 0 saturated heterocycles. The number of hydrogen-bond donors (Lipinski definition) is 1. The van der Waals surface area contributed by atoms with E-state index >= 15 is 0 Å². The molecule has 0 bridgehead atoms. The van der Waals surface area contributed by atoms with E-state index in [-0.39, 0.29) is 18.5 Å². The monoisotopic (exact) mass is 302 g/mol. The van der Waals surface area contributed by atoms with Gasteiger partial charge < -0.3 is 15.2 Å². The van der Waals surface area contributed by atoms with Crippen molar-refractivity contribution in [3.63, 3.8) is 0 Å². The highest BCUT2D eigenvalue weighted by Crippen LogP contribution is 2.31. The molecule has 1 rings (SSSR count). The minimum absolute atomic E-state index is 0.0130. The molecule has 1 aromatic carbocycles. The topological polar surface area (TPSA) is 69.2 Å². The number of halogens is 3. The van der Waals surface area contributed by atoms with Gasteiger partial charge >= 0.3 is 6.18 Å². The van der Waals surface area contributed by atoms with Crippen LogP contribution in [0.1, 0.15) is 32.3 Å². The highest BCUT2D eigenvalue weighted by Gasteiger charge is 2.30. The number of anilines is 1. The Morgan fingerprint density at radius 1 is 1.19 bits per heavy atom. The summed E-state index contributed by atoms with van der Waals surface area (Å²) in [5.41, 5.74) is -1.70. The van der Waals surface area contributed by atoms with E-state index in [1.165, 1.54) is 12.1 Å². The van der Waals surface area contributed by atoms with Crippen molar-refractivity contribution in [2.75, 3.05) is 5.32 Å². The summed E-state index contributed by atoms with van der Waals surface area (Å²) >= 11 is 0. The van der Waals surface area contributed by atoms with Crippen LogP contribution in [0.5, 0.6) is 0 Å². The summed E-state index contributed by atoms with van der Waals surface area (Å²) in [6, 6.07) is 4.24. The number of amides is 1. The number of alkyl halides is 3. The minimum Gasteiger partial charge on any atom is -0.550 e. The number of hydrogen-bond acceptors (Lipinski definition) is 3. The largest absolute Gasteiger partial charge is 0.550 e. The Kier molecular flexibility index (Phi) is 4.98. The van der Waals surface area contributed by atoms with Gasteiger partial charge in [-0.1, -0.05) is 19.9 Å². The Labute approximate surface area is 120 Å². The highest BCUT2D eigenvalue weighted by molar-refractivity contribution is 5.91. The van der Waals surface area contributed by atoms with Gasteiger partial charge in [-0.15, -0.1) is 0 Å². The van der Waals surface area contributed by atoms with Gasteiger partial charge in [0.2, 0.25) is 5.91 Å². The van der Waals surface area contributed by atoms with Crippen LogP contribution in [0.15, 0.2) is 24.3 Å². The summed E-state index contributed by atoms with van der Waals surface area (Å²) in [6.45, 7) is 3.13. The molecular formula is C14H15F3NO3-. The third-order valence-corrected chi connectivity index (χ3v) is 2.74. The van der Waals surface area contributed by atoms with E-state index < -0.39 is 29.0 Å². The second kappa shape index (κ2) is 6.15. The zero-order valence-electron chi connectivity index (χ0n) is 11.6. The van der Waals surface area contributed by atoms with Crippen LogP contribution in [0.4, 0.5) is 18.9 Å². The smallest absolute Gasteiger partial charge is 0.416 e. The molecule has 0 radical (unpaired) electrons. The third-order valence-electron chi connectivity index (χ3n) is 2.74. The van der Waals surface area contributed by atoms with Crippen LogP contribution >= 0.6 is 0 Å². The number of carbonyl (C=O) groups is 2. The zero-order valence-corrected chi connectivity index (χ0v) is 11.6. The van der Waals surface area contributed by atoms with Crippen molar-refractivity contribution in [1.29, 1.82) is 0 Å². The molecular weight excluding hydrogens is 287 g/mol. The Hall–Kier alpha value is -2.05. The van der Waals surface area contributed by atoms with E-state index in [0.717, 1.165) is 12.1 Å². The van der Waals surface area contributed by atoms with E-state index in [1.54, 1.807) is 13.8 Å². The first-order valence-electron chi connectivity index (χ1n) is 6.16. The summed E-state index contributed by atoms with van der Waals surface area (Å²) in [4.78, 5) is 22.3. The minimum atomic E-state index is -4.49. The Bertz CT molecular complexity index is 539. The molecule has 1 amide bonds. The van der Waals surface area contributed by atoms with E-state index in [9.17, 15) is 27.9 Å². The SMILES string of the molecule is CC(C)(CC(=O)[O-])CC(=O)Nc1cccc(C(F)(F)F)c1. The molecule has 0 aliphatic carbocycles.